The van der Waals surface area contributed by atoms with Crippen molar-refractivity contribution in [2.24, 2.45) is 11.7 Å². The van der Waals surface area contributed by atoms with E-state index in [2.05, 4.69) is 0 Å². The molecule has 1 aliphatic heterocycles. The molecule has 1 aromatic carbocycles. The second-order valence-electron chi connectivity index (χ2n) is 5.26. The molecule has 0 radical (unpaired) electrons. The first kappa shape index (κ1) is 15.7. The van der Waals surface area contributed by atoms with Crippen molar-refractivity contribution < 1.29 is 18.3 Å². The molecule has 1 saturated heterocycles. The van der Waals surface area contributed by atoms with E-state index in [1.807, 2.05) is 4.90 Å². The van der Waals surface area contributed by atoms with E-state index >= 15 is 0 Å². The van der Waals surface area contributed by atoms with Gasteiger partial charge in [-0.15, -0.1) is 0 Å². The van der Waals surface area contributed by atoms with Crippen LogP contribution < -0.4 is 10.5 Å². The topological polar surface area (TPSA) is 55.6 Å². The lowest BCUT2D eigenvalue weighted by molar-refractivity contribution is -0.130. The van der Waals surface area contributed by atoms with Crippen molar-refractivity contribution in [3.63, 3.8) is 0 Å². The number of ether oxygens (including phenoxy) is 1. The van der Waals surface area contributed by atoms with Crippen LogP contribution in [0, 0.1) is 17.6 Å². The maximum atomic E-state index is 13.3. The van der Waals surface area contributed by atoms with E-state index in [0.717, 1.165) is 31.6 Å². The van der Waals surface area contributed by atoms with Gasteiger partial charge in [0.25, 0.3) is 0 Å². The molecule has 6 heteroatoms. The largest absolute Gasteiger partial charge is 0.491 e. The fourth-order valence-electron chi connectivity index (χ4n) is 2.41. The third-order valence-corrected chi connectivity index (χ3v) is 3.66. The zero-order valence-corrected chi connectivity index (χ0v) is 11.9. The Balaban J connectivity index is 1.69. The van der Waals surface area contributed by atoms with Gasteiger partial charge in [-0.25, -0.2) is 8.78 Å². The molecule has 1 fully saturated rings. The molecular formula is C15H20F2N2O2. The first-order valence-electron chi connectivity index (χ1n) is 7.16. The number of carbonyl (C=O) groups is 1. The summed E-state index contributed by atoms with van der Waals surface area (Å²) in [5.41, 5.74) is 5.59. The zero-order chi connectivity index (χ0) is 15.2. The Morgan fingerprint density at radius 2 is 2.24 bits per heavy atom. The van der Waals surface area contributed by atoms with Gasteiger partial charge in [-0.2, -0.15) is 0 Å². The Morgan fingerprint density at radius 1 is 1.43 bits per heavy atom. The van der Waals surface area contributed by atoms with Crippen LogP contribution in [-0.4, -0.2) is 37.0 Å². The number of likely N-dealkylation sites (tertiary alicyclic amines) is 1. The number of nitrogens with zero attached hydrogens (tertiary/aromatic N) is 1. The molecular weight excluding hydrogens is 278 g/mol. The van der Waals surface area contributed by atoms with Crippen LogP contribution in [0.1, 0.15) is 19.3 Å². The molecule has 1 atom stereocenters. The summed E-state index contributed by atoms with van der Waals surface area (Å²) in [6, 6.07) is 3.16. The molecule has 0 aliphatic carbocycles. The molecule has 1 aromatic rings. The smallest absolute Gasteiger partial charge is 0.222 e. The van der Waals surface area contributed by atoms with E-state index in [1.54, 1.807) is 0 Å². The highest BCUT2D eigenvalue weighted by atomic mass is 19.1. The van der Waals surface area contributed by atoms with Crippen LogP contribution in [0.2, 0.25) is 0 Å². The molecule has 0 spiro atoms. The first-order chi connectivity index (χ1) is 10.1. The summed E-state index contributed by atoms with van der Waals surface area (Å²) < 4.78 is 31.2. The lowest BCUT2D eigenvalue weighted by atomic mass is 10.1. The quantitative estimate of drug-likeness (QED) is 0.817. The van der Waals surface area contributed by atoms with Crippen LogP contribution in [0.25, 0.3) is 0 Å². The maximum Gasteiger partial charge on any atom is 0.222 e. The molecule has 21 heavy (non-hydrogen) atoms. The zero-order valence-electron chi connectivity index (χ0n) is 11.9. The third-order valence-electron chi connectivity index (χ3n) is 3.66. The minimum absolute atomic E-state index is 0.00761. The van der Waals surface area contributed by atoms with Crippen molar-refractivity contribution in [3.8, 4) is 5.75 Å². The van der Waals surface area contributed by atoms with Gasteiger partial charge in [0.1, 0.15) is 5.82 Å². The Hall–Kier alpha value is -1.69. The normalized spacial score (nSPS) is 18.0. The molecule has 0 aromatic heterocycles. The second-order valence-corrected chi connectivity index (χ2v) is 5.26. The Morgan fingerprint density at radius 3 is 2.90 bits per heavy atom. The van der Waals surface area contributed by atoms with Crippen molar-refractivity contribution in [1.29, 1.82) is 0 Å². The summed E-state index contributed by atoms with van der Waals surface area (Å²) in [6.45, 7) is 2.32. The van der Waals surface area contributed by atoms with Crippen LogP contribution in [0.5, 0.6) is 5.75 Å². The third kappa shape index (κ3) is 4.39. The average molecular weight is 298 g/mol. The van der Waals surface area contributed by atoms with E-state index in [4.69, 9.17) is 10.5 Å². The molecule has 0 bridgehead atoms. The summed E-state index contributed by atoms with van der Waals surface area (Å²) in [4.78, 5) is 13.8. The fraction of sp³-hybridized carbons (Fsp3) is 0.533. The van der Waals surface area contributed by atoms with Crippen molar-refractivity contribution in [1.82, 2.24) is 4.90 Å². The number of halogens is 2. The lowest BCUT2D eigenvalue weighted by Gasteiger charge is -2.16. The van der Waals surface area contributed by atoms with E-state index in [9.17, 15) is 13.6 Å². The summed E-state index contributed by atoms with van der Waals surface area (Å²) in [5.74, 6) is -0.883. The number of amides is 1. The molecule has 0 unspecified atom stereocenters. The number of carbonyl (C=O) groups excluding carboxylic acids is 1. The summed E-state index contributed by atoms with van der Waals surface area (Å²) in [5, 5.41) is 0. The number of hydrogen-bond donors (Lipinski definition) is 1. The maximum absolute atomic E-state index is 13.3. The highest BCUT2D eigenvalue weighted by Gasteiger charge is 2.24. The van der Waals surface area contributed by atoms with Gasteiger partial charge >= 0.3 is 0 Å². The molecule has 2 rings (SSSR count). The van der Waals surface area contributed by atoms with Gasteiger partial charge in [-0.1, -0.05) is 0 Å². The van der Waals surface area contributed by atoms with Gasteiger partial charge in [0, 0.05) is 25.6 Å². The number of nitrogens with two attached hydrogens (primary N) is 1. The minimum atomic E-state index is -0.730. The SMILES string of the molecule is NC[C@@H]1CCN(C(=O)CCCOc2ccc(F)cc2F)C1. The van der Waals surface area contributed by atoms with Gasteiger partial charge in [0.2, 0.25) is 5.91 Å². The Labute approximate surface area is 122 Å². The van der Waals surface area contributed by atoms with Crippen molar-refractivity contribution in [2.45, 2.75) is 19.3 Å². The van der Waals surface area contributed by atoms with Crippen molar-refractivity contribution >= 4 is 5.91 Å². The van der Waals surface area contributed by atoms with Gasteiger partial charge in [0.15, 0.2) is 11.6 Å². The van der Waals surface area contributed by atoms with Crippen LogP contribution in [-0.2, 0) is 4.79 Å². The van der Waals surface area contributed by atoms with E-state index in [1.165, 1.54) is 6.07 Å². The molecule has 1 amide bonds. The van der Waals surface area contributed by atoms with Gasteiger partial charge in [-0.05, 0) is 37.4 Å². The molecule has 116 valence electrons. The van der Waals surface area contributed by atoms with Gasteiger partial charge in [0.05, 0.1) is 6.61 Å². The van der Waals surface area contributed by atoms with Crippen LogP contribution in [0.4, 0.5) is 8.78 Å². The van der Waals surface area contributed by atoms with Gasteiger partial charge < -0.3 is 15.4 Å². The minimum Gasteiger partial charge on any atom is -0.491 e. The average Bonchev–Trinajstić information content (AvgIpc) is 2.94. The standard InChI is InChI=1S/C15H20F2N2O2/c16-12-3-4-14(13(17)8-12)21-7-1-2-15(20)19-6-5-11(9-18)10-19/h3-4,8,11H,1-2,5-7,9-10,18H2/t11-/m0/s1. The first-order valence-corrected chi connectivity index (χ1v) is 7.16. The van der Waals surface area contributed by atoms with Crippen molar-refractivity contribution in [2.75, 3.05) is 26.2 Å². The summed E-state index contributed by atoms with van der Waals surface area (Å²) in [7, 11) is 0. The fourth-order valence-corrected chi connectivity index (χ4v) is 2.41. The van der Waals surface area contributed by atoms with E-state index in [-0.39, 0.29) is 18.3 Å². The lowest BCUT2D eigenvalue weighted by Crippen LogP contribution is -2.29. The molecule has 1 aliphatic rings. The van der Waals surface area contributed by atoms with Crippen LogP contribution in [0.15, 0.2) is 18.2 Å². The second kappa shape index (κ2) is 7.36. The predicted octanol–water partition coefficient (Wildman–Crippen LogP) is 1.93. The van der Waals surface area contributed by atoms with Crippen LogP contribution in [0.3, 0.4) is 0 Å². The van der Waals surface area contributed by atoms with E-state index in [0.29, 0.717) is 25.3 Å². The van der Waals surface area contributed by atoms with E-state index < -0.39 is 11.6 Å². The van der Waals surface area contributed by atoms with Gasteiger partial charge in [-0.3, -0.25) is 4.79 Å². The summed E-state index contributed by atoms with van der Waals surface area (Å²) in [6.07, 6.45) is 1.82. The highest BCUT2D eigenvalue weighted by Crippen LogP contribution is 2.19. The molecule has 2 N–H and O–H groups in total. The number of hydrogen-bond acceptors (Lipinski definition) is 3. The predicted molar refractivity (Wildman–Crippen MR) is 74.8 cm³/mol. The monoisotopic (exact) mass is 298 g/mol. The Kier molecular flexibility index (Phi) is 5.50. The summed E-state index contributed by atoms with van der Waals surface area (Å²) >= 11 is 0. The molecule has 0 saturated carbocycles. The number of rotatable bonds is 6. The molecule has 1 heterocycles. The Bertz CT molecular complexity index is 497. The van der Waals surface area contributed by atoms with Crippen LogP contribution >= 0.6 is 0 Å². The highest BCUT2D eigenvalue weighted by molar-refractivity contribution is 5.76. The number of benzene rings is 1. The molecule has 4 nitrogen and oxygen atoms in total. The van der Waals surface area contributed by atoms with Crippen molar-refractivity contribution in [3.05, 3.63) is 29.8 Å².